The molecule has 0 atom stereocenters. The average molecular weight is 558 g/mol. The number of amides is 1. The number of nitrogens with zero attached hydrogens (tertiary/aromatic N) is 5. The summed E-state index contributed by atoms with van der Waals surface area (Å²) in [6.45, 7) is 3.02. The summed E-state index contributed by atoms with van der Waals surface area (Å²) in [7, 11) is 2.12. The standard InChI is InChI=1S/C32H27N7OS/c1-20-9-12-27(41-20)31(40)34-23-7-5-6-22(19-23)29-30(39-16-4-3-8-28(39)37-29)25-13-15-33-32(36-25)35-24-10-11-26-21(18-24)14-17-38(26)2/h3-13,15-16,18-19H,14,17H2,1-2H3,(H,34,40)(H,33,35,36). The number of anilines is 4. The SMILES string of the molecule is Cc1ccc(C(=O)Nc2cccc(-c3nc4ccccn4c3-c3ccnc(Nc4ccc5c(c4)CCN5C)n3)c2)s1. The third-order valence-corrected chi connectivity index (χ3v) is 8.25. The summed E-state index contributed by atoms with van der Waals surface area (Å²) in [5, 5.41) is 6.42. The minimum absolute atomic E-state index is 0.125. The second kappa shape index (κ2) is 10.2. The molecule has 1 aliphatic rings. The molecule has 2 aromatic carbocycles. The number of hydrogen-bond acceptors (Lipinski definition) is 7. The number of fused-ring (bicyclic) bond motifs is 2. The minimum atomic E-state index is -0.125. The molecule has 1 amide bonds. The molecule has 0 saturated heterocycles. The van der Waals surface area contributed by atoms with Crippen molar-refractivity contribution in [3.05, 3.63) is 107 Å². The number of benzene rings is 2. The molecule has 0 aliphatic carbocycles. The number of pyridine rings is 1. The predicted octanol–water partition coefficient (Wildman–Crippen LogP) is 6.82. The maximum atomic E-state index is 12.8. The minimum Gasteiger partial charge on any atom is -0.374 e. The lowest BCUT2D eigenvalue weighted by Gasteiger charge is -2.13. The van der Waals surface area contributed by atoms with E-state index in [9.17, 15) is 4.79 Å². The van der Waals surface area contributed by atoms with Gasteiger partial charge in [-0.05, 0) is 79.6 Å². The van der Waals surface area contributed by atoms with Crippen molar-refractivity contribution in [2.24, 2.45) is 0 Å². The highest BCUT2D eigenvalue weighted by atomic mass is 32.1. The average Bonchev–Trinajstić information content (AvgIpc) is 3.70. The van der Waals surface area contributed by atoms with Crippen LogP contribution in [0, 0.1) is 6.92 Å². The van der Waals surface area contributed by atoms with Crippen molar-refractivity contribution < 1.29 is 4.79 Å². The molecule has 0 spiro atoms. The monoisotopic (exact) mass is 557 g/mol. The fourth-order valence-corrected chi connectivity index (χ4v) is 6.02. The summed E-state index contributed by atoms with van der Waals surface area (Å²) in [6, 6.07) is 25.7. The van der Waals surface area contributed by atoms with Crippen molar-refractivity contribution in [3.63, 3.8) is 0 Å². The molecule has 5 heterocycles. The Morgan fingerprint density at radius 1 is 0.951 bits per heavy atom. The van der Waals surface area contributed by atoms with Crippen LogP contribution in [0.2, 0.25) is 0 Å². The maximum Gasteiger partial charge on any atom is 0.265 e. The van der Waals surface area contributed by atoms with Crippen LogP contribution < -0.4 is 15.5 Å². The molecule has 9 heteroatoms. The number of aryl methyl sites for hydroxylation is 1. The van der Waals surface area contributed by atoms with Crippen LogP contribution in [-0.4, -0.2) is 38.9 Å². The van der Waals surface area contributed by atoms with E-state index in [1.165, 1.54) is 22.6 Å². The Morgan fingerprint density at radius 3 is 2.76 bits per heavy atom. The molecule has 0 unspecified atom stereocenters. The number of carbonyl (C=O) groups is 1. The third kappa shape index (κ3) is 4.81. The van der Waals surface area contributed by atoms with Crippen LogP contribution >= 0.6 is 11.3 Å². The normalized spacial score (nSPS) is 12.5. The zero-order valence-electron chi connectivity index (χ0n) is 22.6. The molecule has 0 bridgehead atoms. The second-order valence-corrected chi connectivity index (χ2v) is 11.4. The summed E-state index contributed by atoms with van der Waals surface area (Å²) in [4.78, 5) is 31.2. The van der Waals surface area contributed by atoms with Crippen molar-refractivity contribution in [3.8, 4) is 22.6 Å². The Hall–Kier alpha value is -5.02. The number of thiophene rings is 1. The lowest BCUT2D eigenvalue weighted by Crippen LogP contribution is -2.12. The first-order valence-corrected chi connectivity index (χ1v) is 14.2. The van der Waals surface area contributed by atoms with Crippen LogP contribution in [0.1, 0.15) is 20.1 Å². The van der Waals surface area contributed by atoms with Crippen molar-refractivity contribution in [2.45, 2.75) is 13.3 Å². The van der Waals surface area contributed by atoms with Gasteiger partial charge in [0.1, 0.15) is 5.65 Å². The van der Waals surface area contributed by atoms with Crippen LogP contribution in [0.3, 0.4) is 0 Å². The van der Waals surface area contributed by atoms with Crippen molar-refractivity contribution in [1.82, 2.24) is 19.4 Å². The molecule has 0 fully saturated rings. The molecule has 7 rings (SSSR count). The van der Waals surface area contributed by atoms with E-state index in [4.69, 9.17) is 9.97 Å². The van der Waals surface area contributed by atoms with E-state index < -0.39 is 0 Å². The first-order valence-electron chi connectivity index (χ1n) is 13.4. The van der Waals surface area contributed by atoms with E-state index >= 15 is 0 Å². The zero-order valence-corrected chi connectivity index (χ0v) is 23.4. The first kappa shape index (κ1) is 25.0. The third-order valence-electron chi connectivity index (χ3n) is 7.25. The molecule has 0 saturated carbocycles. The van der Waals surface area contributed by atoms with Gasteiger partial charge in [-0.2, -0.15) is 0 Å². The quantitative estimate of drug-likeness (QED) is 0.234. The number of hydrogen-bond donors (Lipinski definition) is 2. The van der Waals surface area contributed by atoms with Crippen LogP contribution in [0.4, 0.5) is 23.0 Å². The number of nitrogens with one attached hydrogen (secondary N) is 2. The van der Waals surface area contributed by atoms with Gasteiger partial charge in [-0.1, -0.05) is 18.2 Å². The molecule has 41 heavy (non-hydrogen) atoms. The fraction of sp³-hybridized carbons (Fsp3) is 0.125. The summed E-state index contributed by atoms with van der Waals surface area (Å²) in [5.41, 5.74) is 8.27. The van der Waals surface area contributed by atoms with Gasteiger partial charge in [-0.15, -0.1) is 11.3 Å². The van der Waals surface area contributed by atoms with E-state index in [0.717, 1.165) is 51.8 Å². The summed E-state index contributed by atoms with van der Waals surface area (Å²) in [6.07, 6.45) is 4.77. The smallest absolute Gasteiger partial charge is 0.265 e. The topological polar surface area (TPSA) is 87.5 Å². The van der Waals surface area contributed by atoms with Gasteiger partial charge in [0, 0.05) is 53.5 Å². The Labute approximate surface area is 241 Å². The Bertz CT molecular complexity index is 1920. The van der Waals surface area contributed by atoms with Crippen molar-refractivity contribution in [1.29, 1.82) is 0 Å². The number of imidazole rings is 1. The van der Waals surface area contributed by atoms with Crippen molar-refractivity contribution in [2.75, 3.05) is 29.1 Å². The summed E-state index contributed by atoms with van der Waals surface area (Å²) < 4.78 is 2.03. The van der Waals surface area contributed by atoms with Crippen molar-refractivity contribution >= 4 is 45.9 Å². The highest BCUT2D eigenvalue weighted by Crippen LogP contribution is 2.34. The van der Waals surface area contributed by atoms with E-state index in [1.807, 2.05) is 78.2 Å². The van der Waals surface area contributed by atoms with Crippen LogP contribution in [-0.2, 0) is 6.42 Å². The largest absolute Gasteiger partial charge is 0.374 e. The van der Waals surface area contributed by atoms with Gasteiger partial charge < -0.3 is 15.5 Å². The van der Waals surface area contributed by atoms with Gasteiger partial charge >= 0.3 is 0 Å². The van der Waals surface area contributed by atoms with E-state index in [1.54, 1.807) is 6.20 Å². The molecule has 1 aliphatic heterocycles. The molecule has 202 valence electrons. The van der Waals surface area contributed by atoms with Gasteiger partial charge in [-0.3, -0.25) is 9.20 Å². The zero-order chi connectivity index (χ0) is 27.9. The second-order valence-electron chi connectivity index (χ2n) is 10.1. The van der Waals surface area contributed by atoms with E-state index in [-0.39, 0.29) is 5.91 Å². The van der Waals surface area contributed by atoms with Crippen LogP contribution in [0.25, 0.3) is 28.3 Å². The molecule has 8 nitrogen and oxygen atoms in total. The molecule has 2 N–H and O–H groups in total. The van der Waals surface area contributed by atoms with Gasteiger partial charge in [-0.25, -0.2) is 15.0 Å². The lowest BCUT2D eigenvalue weighted by atomic mass is 10.1. The molecule has 0 radical (unpaired) electrons. The number of carbonyl (C=O) groups excluding carboxylic acids is 1. The van der Waals surface area contributed by atoms with Gasteiger partial charge in [0.05, 0.1) is 22.0 Å². The first-order chi connectivity index (χ1) is 20.0. The highest BCUT2D eigenvalue weighted by molar-refractivity contribution is 7.14. The molecule has 6 aromatic rings. The predicted molar refractivity (Wildman–Crippen MR) is 165 cm³/mol. The summed E-state index contributed by atoms with van der Waals surface area (Å²) >= 11 is 1.48. The lowest BCUT2D eigenvalue weighted by molar-refractivity contribution is 0.103. The fourth-order valence-electron chi connectivity index (χ4n) is 5.26. The maximum absolute atomic E-state index is 12.8. The Balaban J connectivity index is 1.24. The number of aromatic nitrogens is 4. The van der Waals surface area contributed by atoms with E-state index in [0.29, 0.717) is 16.5 Å². The van der Waals surface area contributed by atoms with E-state index in [2.05, 4.69) is 45.8 Å². The number of rotatable bonds is 6. The molecule has 4 aromatic heterocycles. The van der Waals surface area contributed by atoms with Gasteiger partial charge in [0.2, 0.25) is 5.95 Å². The van der Waals surface area contributed by atoms with Crippen LogP contribution in [0.5, 0.6) is 0 Å². The summed E-state index contributed by atoms with van der Waals surface area (Å²) in [5.74, 6) is 0.387. The van der Waals surface area contributed by atoms with Gasteiger partial charge in [0.15, 0.2) is 0 Å². The molecular formula is C32H27N7OS. The highest BCUT2D eigenvalue weighted by Gasteiger charge is 2.19. The number of likely N-dealkylation sites (N-methyl/N-ethyl adjacent to an activating group) is 1. The molecular weight excluding hydrogens is 530 g/mol. The Kier molecular flexibility index (Phi) is 6.20. The van der Waals surface area contributed by atoms with Crippen LogP contribution in [0.15, 0.2) is 91.3 Å². The Morgan fingerprint density at radius 2 is 1.88 bits per heavy atom. The van der Waals surface area contributed by atoms with Gasteiger partial charge in [0.25, 0.3) is 5.91 Å².